The maximum atomic E-state index is 6.02. The zero-order chi connectivity index (χ0) is 17.2. The van der Waals surface area contributed by atoms with Crippen LogP contribution < -0.4 is 9.64 Å². The second kappa shape index (κ2) is 6.69. The zero-order valence-corrected chi connectivity index (χ0v) is 14.5. The number of rotatable bonds is 3. The lowest BCUT2D eigenvalue weighted by Gasteiger charge is -2.33. The molecule has 0 amide bonds. The van der Waals surface area contributed by atoms with Gasteiger partial charge in [0.15, 0.2) is 5.82 Å². The van der Waals surface area contributed by atoms with Gasteiger partial charge in [-0.3, -0.25) is 0 Å². The molecule has 1 aliphatic heterocycles. The van der Waals surface area contributed by atoms with Gasteiger partial charge in [-0.2, -0.15) is 5.10 Å². The molecule has 5 heteroatoms. The summed E-state index contributed by atoms with van der Waals surface area (Å²) < 4.78 is 11.3. The summed E-state index contributed by atoms with van der Waals surface area (Å²) in [6, 6.07) is 16.6. The Morgan fingerprint density at radius 3 is 2.68 bits per heavy atom. The first kappa shape index (κ1) is 15.8. The fourth-order valence-electron chi connectivity index (χ4n) is 3.19. The van der Waals surface area contributed by atoms with Crippen molar-refractivity contribution in [2.75, 3.05) is 31.7 Å². The van der Waals surface area contributed by atoms with E-state index in [2.05, 4.69) is 45.4 Å². The van der Waals surface area contributed by atoms with Gasteiger partial charge < -0.3 is 14.4 Å². The second-order valence-electron chi connectivity index (χ2n) is 6.31. The molecule has 1 saturated heterocycles. The Hall–Kier alpha value is -2.66. The van der Waals surface area contributed by atoms with Gasteiger partial charge in [0.05, 0.1) is 19.4 Å². The highest BCUT2D eigenvalue weighted by Gasteiger charge is 2.23. The van der Waals surface area contributed by atoms with Crippen molar-refractivity contribution in [2.45, 2.75) is 13.0 Å². The number of anilines is 1. The molecule has 1 aliphatic rings. The highest BCUT2D eigenvalue weighted by atomic mass is 16.5. The summed E-state index contributed by atoms with van der Waals surface area (Å²) in [6.07, 6.45) is 0.0309. The molecular formula is C20H21N3O2. The van der Waals surface area contributed by atoms with Crippen molar-refractivity contribution >= 4 is 16.6 Å². The molecule has 5 nitrogen and oxygen atoms in total. The molecule has 0 radical (unpaired) electrons. The predicted octanol–water partition coefficient (Wildman–Crippen LogP) is 3.52. The van der Waals surface area contributed by atoms with Crippen molar-refractivity contribution in [2.24, 2.45) is 0 Å². The van der Waals surface area contributed by atoms with Gasteiger partial charge in [0, 0.05) is 13.1 Å². The Balaban J connectivity index is 1.58. The van der Waals surface area contributed by atoms with E-state index in [1.807, 2.05) is 25.1 Å². The third-order valence-electron chi connectivity index (χ3n) is 4.62. The highest BCUT2D eigenvalue weighted by molar-refractivity contribution is 5.84. The Kier molecular flexibility index (Phi) is 4.24. The molecule has 0 N–H and O–H groups in total. The minimum absolute atomic E-state index is 0.0309. The summed E-state index contributed by atoms with van der Waals surface area (Å²) in [5.74, 6) is 1.78. The summed E-state index contributed by atoms with van der Waals surface area (Å²) in [7, 11) is 1.69. The van der Waals surface area contributed by atoms with Crippen molar-refractivity contribution in [1.29, 1.82) is 0 Å². The Bertz CT molecular complexity index is 880. The fourth-order valence-corrected chi connectivity index (χ4v) is 3.19. The van der Waals surface area contributed by atoms with Crippen molar-refractivity contribution < 1.29 is 9.47 Å². The van der Waals surface area contributed by atoms with Crippen LogP contribution in [0.5, 0.6) is 5.75 Å². The molecule has 1 unspecified atom stereocenters. The lowest BCUT2D eigenvalue weighted by Crippen LogP contribution is -2.39. The molecular weight excluding hydrogens is 314 g/mol. The Labute approximate surface area is 147 Å². The molecule has 1 aromatic heterocycles. The molecule has 1 atom stereocenters. The number of fused-ring (bicyclic) bond motifs is 1. The maximum absolute atomic E-state index is 6.02. The number of aromatic nitrogens is 2. The van der Waals surface area contributed by atoms with Gasteiger partial charge >= 0.3 is 0 Å². The summed E-state index contributed by atoms with van der Waals surface area (Å²) in [5.41, 5.74) is 2.11. The molecule has 4 rings (SSSR count). The summed E-state index contributed by atoms with van der Waals surface area (Å²) in [4.78, 5) is 2.23. The number of methoxy groups -OCH3 is 1. The molecule has 2 aromatic carbocycles. The monoisotopic (exact) mass is 335 g/mol. The van der Waals surface area contributed by atoms with Crippen LogP contribution in [0.2, 0.25) is 0 Å². The summed E-state index contributed by atoms with van der Waals surface area (Å²) in [6.45, 7) is 4.24. The molecule has 0 aliphatic carbocycles. The van der Waals surface area contributed by atoms with Gasteiger partial charge in [-0.1, -0.05) is 18.2 Å². The van der Waals surface area contributed by atoms with Crippen LogP contribution >= 0.6 is 0 Å². The van der Waals surface area contributed by atoms with E-state index in [9.17, 15) is 0 Å². The molecule has 2 heterocycles. The van der Waals surface area contributed by atoms with E-state index < -0.39 is 0 Å². The first-order valence-electron chi connectivity index (χ1n) is 8.47. The maximum Gasteiger partial charge on any atom is 0.151 e. The molecule has 1 fully saturated rings. The number of hydrogen-bond acceptors (Lipinski definition) is 5. The van der Waals surface area contributed by atoms with E-state index in [0.29, 0.717) is 6.61 Å². The van der Waals surface area contributed by atoms with Crippen molar-refractivity contribution in [3.05, 3.63) is 59.8 Å². The topological polar surface area (TPSA) is 47.5 Å². The van der Waals surface area contributed by atoms with Gasteiger partial charge in [-0.15, -0.1) is 5.10 Å². The third-order valence-corrected chi connectivity index (χ3v) is 4.62. The zero-order valence-electron chi connectivity index (χ0n) is 14.5. The van der Waals surface area contributed by atoms with E-state index >= 15 is 0 Å². The largest absolute Gasteiger partial charge is 0.497 e. The van der Waals surface area contributed by atoms with E-state index in [1.54, 1.807) is 7.11 Å². The van der Waals surface area contributed by atoms with E-state index in [-0.39, 0.29) is 6.10 Å². The predicted molar refractivity (Wildman–Crippen MR) is 98.2 cm³/mol. The van der Waals surface area contributed by atoms with Crippen LogP contribution in [-0.4, -0.2) is 37.0 Å². The van der Waals surface area contributed by atoms with Crippen LogP contribution in [0.1, 0.15) is 17.4 Å². The van der Waals surface area contributed by atoms with Crippen molar-refractivity contribution in [3.8, 4) is 5.75 Å². The molecule has 3 aromatic rings. The van der Waals surface area contributed by atoms with Gasteiger partial charge in [-0.05, 0) is 53.6 Å². The normalized spacial score (nSPS) is 17.7. The highest BCUT2D eigenvalue weighted by Crippen LogP contribution is 2.29. The number of hydrogen-bond donors (Lipinski definition) is 0. The molecule has 0 bridgehead atoms. The van der Waals surface area contributed by atoms with Gasteiger partial charge in [0.2, 0.25) is 0 Å². The number of aryl methyl sites for hydroxylation is 1. The fraction of sp³-hybridized carbons (Fsp3) is 0.300. The quantitative estimate of drug-likeness (QED) is 0.733. The smallest absolute Gasteiger partial charge is 0.151 e. The van der Waals surface area contributed by atoms with Crippen LogP contribution in [0.25, 0.3) is 10.8 Å². The minimum atomic E-state index is 0.0309. The van der Waals surface area contributed by atoms with Gasteiger partial charge in [-0.25, -0.2) is 0 Å². The second-order valence-corrected chi connectivity index (χ2v) is 6.31. The number of morpholine rings is 1. The van der Waals surface area contributed by atoms with E-state index in [1.165, 1.54) is 16.3 Å². The van der Waals surface area contributed by atoms with E-state index in [0.717, 1.165) is 30.4 Å². The molecule has 25 heavy (non-hydrogen) atoms. The SMILES string of the molecule is COc1ccc2cc(C3CN(c4ccc(C)nn4)CCO3)ccc2c1. The minimum Gasteiger partial charge on any atom is -0.497 e. The van der Waals surface area contributed by atoms with Gasteiger partial charge in [0.1, 0.15) is 11.9 Å². The molecule has 128 valence electrons. The van der Waals surface area contributed by atoms with Crippen LogP contribution in [0, 0.1) is 6.92 Å². The van der Waals surface area contributed by atoms with Crippen LogP contribution in [-0.2, 0) is 4.74 Å². The lowest BCUT2D eigenvalue weighted by atomic mass is 10.0. The third kappa shape index (κ3) is 3.28. The summed E-state index contributed by atoms with van der Waals surface area (Å²) >= 11 is 0. The number of nitrogens with zero attached hydrogens (tertiary/aromatic N) is 3. The standard InChI is InChI=1S/C20H21N3O2/c1-14-3-8-20(22-21-14)23-9-10-25-19(13-23)17-5-4-16-12-18(24-2)7-6-15(16)11-17/h3-8,11-12,19H,9-10,13H2,1-2H3. The Morgan fingerprint density at radius 1 is 1.04 bits per heavy atom. The number of ether oxygens (including phenoxy) is 2. The average molecular weight is 335 g/mol. The first-order valence-corrected chi connectivity index (χ1v) is 8.47. The van der Waals surface area contributed by atoms with Gasteiger partial charge in [0.25, 0.3) is 0 Å². The molecule has 0 saturated carbocycles. The van der Waals surface area contributed by atoms with Crippen LogP contribution in [0.3, 0.4) is 0 Å². The van der Waals surface area contributed by atoms with Crippen molar-refractivity contribution in [1.82, 2.24) is 10.2 Å². The summed E-state index contributed by atoms with van der Waals surface area (Å²) in [5, 5.41) is 10.8. The van der Waals surface area contributed by atoms with E-state index in [4.69, 9.17) is 9.47 Å². The lowest BCUT2D eigenvalue weighted by molar-refractivity contribution is 0.0395. The first-order chi connectivity index (χ1) is 12.2. The van der Waals surface area contributed by atoms with Crippen LogP contribution in [0.15, 0.2) is 48.5 Å². The number of benzene rings is 2. The average Bonchev–Trinajstić information content (AvgIpc) is 2.68. The van der Waals surface area contributed by atoms with Crippen molar-refractivity contribution in [3.63, 3.8) is 0 Å². The van der Waals surface area contributed by atoms with Crippen LogP contribution in [0.4, 0.5) is 5.82 Å². The Morgan fingerprint density at radius 2 is 1.88 bits per heavy atom. The molecule has 0 spiro atoms.